The van der Waals surface area contributed by atoms with E-state index in [9.17, 15) is 19.2 Å². The molecule has 8 nitrogen and oxygen atoms in total. The lowest BCUT2D eigenvalue weighted by molar-refractivity contribution is 0.0686. The topological polar surface area (TPSA) is 133 Å². The zero-order chi connectivity index (χ0) is 18.4. The summed E-state index contributed by atoms with van der Waals surface area (Å²) in [5.74, 6) is -2.53. The van der Waals surface area contributed by atoms with Gasteiger partial charge in [-0.3, -0.25) is 0 Å². The van der Waals surface area contributed by atoms with Crippen LogP contribution in [0.1, 0.15) is 20.7 Å². The number of carbonyl (C=O) groups is 2. The van der Waals surface area contributed by atoms with Crippen LogP contribution in [0.5, 0.6) is 0 Å². The Labute approximate surface area is 144 Å². The maximum absolute atomic E-state index is 11.2. The largest absolute Gasteiger partial charge is 0.478 e. The van der Waals surface area contributed by atoms with Crippen molar-refractivity contribution in [2.75, 3.05) is 0 Å². The van der Waals surface area contributed by atoms with Crippen molar-refractivity contribution >= 4 is 47.2 Å². The Morgan fingerprint density at radius 3 is 1.52 bits per heavy atom. The van der Waals surface area contributed by atoms with Gasteiger partial charge in [0.25, 0.3) is 0 Å². The number of carboxylic acids is 2. The van der Waals surface area contributed by atoms with E-state index in [0.717, 1.165) is 11.8 Å². The fraction of sp³-hybridized carbons (Fsp3) is 0. The van der Waals surface area contributed by atoms with Gasteiger partial charge in [0.1, 0.15) is 0 Å². The molecule has 2 aromatic rings. The number of isocyanates is 2. The minimum absolute atomic E-state index is 0.0336. The molecule has 0 aromatic heterocycles. The predicted octanol–water partition coefficient (Wildman–Crippen LogP) is 3.17. The highest BCUT2D eigenvalue weighted by Crippen LogP contribution is 2.34. The number of aromatic carboxylic acids is 2. The van der Waals surface area contributed by atoms with E-state index >= 15 is 0 Å². The maximum Gasteiger partial charge on any atom is 0.337 e. The standard InChI is InChI=1S/C16H8N2O6S/c19-7-17-13-3-1-9(5-11(13)15(21)22)25-10-2-4-14(18-8-20)12(6-10)16(23)24/h1-6H,(H,21,22)(H,23,24). The van der Waals surface area contributed by atoms with Gasteiger partial charge in [-0.25, -0.2) is 19.2 Å². The minimum Gasteiger partial charge on any atom is -0.478 e. The molecule has 0 aliphatic rings. The summed E-state index contributed by atoms with van der Waals surface area (Å²) in [7, 11) is 0. The number of benzene rings is 2. The molecule has 124 valence electrons. The van der Waals surface area contributed by atoms with Gasteiger partial charge in [0.2, 0.25) is 12.2 Å². The van der Waals surface area contributed by atoms with Crippen LogP contribution in [0, 0.1) is 0 Å². The molecule has 0 fully saturated rings. The van der Waals surface area contributed by atoms with E-state index < -0.39 is 11.9 Å². The second kappa shape index (κ2) is 7.85. The highest BCUT2D eigenvalue weighted by Gasteiger charge is 2.14. The average molecular weight is 356 g/mol. The molecule has 0 atom stereocenters. The summed E-state index contributed by atoms with van der Waals surface area (Å²) < 4.78 is 0. The third-order valence-corrected chi connectivity index (χ3v) is 3.94. The van der Waals surface area contributed by atoms with Crippen LogP contribution in [-0.2, 0) is 9.59 Å². The van der Waals surface area contributed by atoms with Crippen molar-refractivity contribution in [2.24, 2.45) is 9.98 Å². The molecule has 2 N–H and O–H groups in total. The molecule has 0 heterocycles. The third kappa shape index (κ3) is 4.27. The molecule has 2 rings (SSSR count). The average Bonchev–Trinajstić information content (AvgIpc) is 2.57. The van der Waals surface area contributed by atoms with Crippen molar-refractivity contribution in [3.05, 3.63) is 47.5 Å². The number of carboxylic acid groups (broad SMARTS) is 2. The minimum atomic E-state index is -1.27. The Bertz CT molecular complexity index is 882. The van der Waals surface area contributed by atoms with E-state index in [1.165, 1.54) is 48.6 Å². The second-order valence-corrected chi connectivity index (χ2v) is 5.62. The van der Waals surface area contributed by atoms with Gasteiger partial charge in [0.05, 0.1) is 22.5 Å². The molecule has 0 spiro atoms. The van der Waals surface area contributed by atoms with Gasteiger partial charge < -0.3 is 10.2 Å². The molecule has 25 heavy (non-hydrogen) atoms. The van der Waals surface area contributed by atoms with Gasteiger partial charge in [-0.1, -0.05) is 11.8 Å². The summed E-state index contributed by atoms with van der Waals surface area (Å²) in [6.07, 6.45) is 2.57. The number of hydrogen-bond acceptors (Lipinski definition) is 7. The van der Waals surface area contributed by atoms with Crippen molar-refractivity contribution in [2.45, 2.75) is 9.79 Å². The molecule has 9 heteroatoms. The van der Waals surface area contributed by atoms with Crippen molar-refractivity contribution in [3.8, 4) is 0 Å². The SMILES string of the molecule is O=C=Nc1ccc(Sc2ccc(N=C=O)c(C(=O)O)c2)cc1C(=O)O. The van der Waals surface area contributed by atoms with Crippen molar-refractivity contribution in [1.82, 2.24) is 0 Å². The highest BCUT2D eigenvalue weighted by atomic mass is 32.2. The first kappa shape index (κ1) is 17.8. The number of hydrogen-bond donors (Lipinski definition) is 2. The van der Waals surface area contributed by atoms with E-state index in [1.54, 1.807) is 0 Å². The highest BCUT2D eigenvalue weighted by molar-refractivity contribution is 7.99. The van der Waals surface area contributed by atoms with Gasteiger partial charge in [0.15, 0.2) is 0 Å². The first-order valence-electron chi connectivity index (χ1n) is 6.54. The van der Waals surface area contributed by atoms with Gasteiger partial charge in [-0.2, -0.15) is 9.98 Å². The number of carbonyl (C=O) groups excluding carboxylic acids is 2. The van der Waals surface area contributed by atoms with Crippen molar-refractivity contribution < 1.29 is 29.4 Å². The van der Waals surface area contributed by atoms with Gasteiger partial charge in [-0.15, -0.1) is 0 Å². The Morgan fingerprint density at radius 1 is 0.800 bits per heavy atom. The molecule has 0 aliphatic heterocycles. The fourth-order valence-electron chi connectivity index (χ4n) is 1.93. The van der Waals surface area contributed by atoms with Crippen molar-refractivity contribution in [1.29, 1.82) is 0 Å². The van der Waals surface area contributed by atoms with Crippen LogP contribution in [-0.4, -0.2) is 34.3 Å². The zero-order valence-electron chi connectivity index (χ0n) is 12.3. The van der Waals surface area contributed by atoms with E-state index in [1.807, 2.05) is 0 Å². The molecule has 0 bridgehead atoms. The van der Waals surface area contributed by atoms with Crippen molar-refractivity contribution in [3.63, 3.8) is 0 Å². The monoisotopic (exact) mass is 356 g/mol. The molecule has 0 unspecified atom stereocenters. The molecule has 0 saturated heterocycles. The summed E-state index contributed by atoms with van der Waals surface area (Å²) in [6, 6.07) is 8.37. The first-order chi connectivity index (χ1) is 12.0. The molecular formula is C16H8N2O6S. The Morgan fingerprint density at radius 2 is 1.20 bits per heavy atom. The summed E-state index contributed by atoms with van der Waals surface area (Å²) in [5, 5.41) is 18.3. The lowest BCUT2D eigenvalue weighted by atomic mass is 10.2. The van der Waals surface area contributed by atoms with Gasteiger partial charge >= 0.3 is 11.9 Å². The number of rotatable bonds is 6. The van der Waals surface area contributed by atoms with Crippen LogP contribution in [0.4, 0.5) is 11.4 Å². The van der Waals surface area contributed by atoms with Crippen LogP contribution in [0.3, 0.4) is 0 Å². The molecule has 0 aliphatic carbocycles. The number of aliphatic imine (C=N–C) groups is 2. The fourth-order valence-corrected chi connectivity index (χ4v) is 2.83. The third-order valence-electron chi connectivity index (χ3n) is 2.96. The van der Waals surface area contributed by atoms with Gasteiger partial charge in [0, 0.05) is 9.79 Å². The van der Waals surface area contributed by atoms with Gasteiger partial charge in [-0.05, 0) is 36.4 Å². The lowest BCUT2D eigenvalue weighted by Gasteiger charge is -2.07. The molecular weight excluding hydrogens is 348 g/mol. The van der Waals surface area contributed by atoms with Crippen LogP contribution >= 0.6 is 11.8 Å². The molecule has 0 saturated carbocycles. The number of nitrogens with zero attached hydrogens (tertiary/aromatic N) is 2. The van der Waals surface area contributed by atoms with Crippen LogP contribution in [0.2, 0.25) is 0 Å². The quantitative estimate of drug-likeness (QED) is 0.599. The Hall–Kier alpha value is -3.51. The predicted molar refractivity (Wildman–Crippen MR) is 86.5 cm³/mol. The van der Waals surface area contributed by atoms with Crippen LogP contribution < -0.4 is 0 Å². The van der Waals surface area contributed by atoms with Crippen LogP contribution in [0.25, 0.3) is 0 Å². The Balaban J connectivity index is 2.43. The lowest BCUT2D eigenvalue weighted by Crippen LogP contribution is -1.98. The van der Waals surface area contributed by atoms with E-state index in [0.29, 0.717) is 9.79 Å². The molecule has 0 radical (unpaired) electrons. The molecule has 0 amide bonds. The van der Waals surface area contributed by atoms with E-state index in [2.05, 4.69) is 9.98 Å². The maximum atomic E-state index is 11.2. The van der Waals surface area contributed by atoms with E-state index in [4.69, 9.17) is 10.2 Å². The zero-order valence-corrected chi connectivity index (χ0v) is 13.1. The second-order valence-electron chi connectivity index (χ2n) is 4.48. The summed E-state index contributed by atoms with van der Waals surface area (Å²) in [6.45, 7) is 0. The first-order valence-corrected chi connectivity index (χ1v) is 7.36. The van der Waals surface area contributed by atoms with E-state index in [-0.39, 0.29) is 22.5 Å². The summed E-state index contributed by atoms with van der Waals surface area (Å²) in [5.41, 5.74) is -0.439. The smallest absolute Gasteiger partial charge is 0.337 e. The molecule has 2 aromatic carbocycles. The summed E-state index contributed by atoms with van der Waals surface area (Å²) in [4.78, 5) is 50.8. The summed E-state index contributed by atoms with van der Waals surface area (Å²) >= 11 is 1.10. The van der Waals surface area contributed by atoms with Crippen LogP contribution in [0.15, 0.2) is 56.2 Å². The Kier molecular flexibility index (Phi) is 5.60. The normalized spacial score (nSPS) is 9.60.